The summed E-state index contributed by atoms with van der Waals surface area (Å²) in [5.41, 5.74) is 0.136. The lowest BCUT2D eigenvalue weighted by molar-refractivity contribution is 0.249. The molecule has 2 amide bonds. The molecule has 4 nitrogen and oxygen atoms in total. The van der Waals surface area contributed by atoms with E-state index >= 15 is 0 Å². The molecule has 0 fully saturated rings. The minimum Gasteiger partial charge on any atom is -0.332 e. The van der Waals surface area contributed by atoms with Crippen molar-refractivity contribution in [3.63, 3.8) is 0 Å². The van der Waals surface area contributed by atoms with E-state index in [0.717, 1.165) is 25.5 Å². The van der Waals surface area contributed by atoms with Crippen LogP contribution in [-0.4, -0.2) is 17.1 Å². The van der Waals surface area contributed by atoms with Gasteiger partial charge in [-0.15, -0.1) is 0 Å². The summed E-state index contributed by atoms with van der Waals surface area (Å²) in [5, 5.41) is 5.23. The maximum Gasteiger partial charge on any atom is 0.319 e. The van der Waals surface area contributed by atoms with Gasteiger partial charge in [0.05, 0.1) is 11.9 Å². The first-order valence-electron chi connectivity index (χ1n) is 5.59. The number of nitrogens with one attached hydrogen (secondary N) is 2. The molecule has 1 aromatic heterocycles. The standard InChI is InChI=1S/C12H14FN3O/c13-10-8-14-7-6-11(10)16-12(17)15-9-4-2-1-3-5-9/h2,4,6-9H,1,3,5H2,(H2,14,15,16,17)/t9-/m1/s1. The molecule has 5 heteroatoms. The lowest BCUT2D eigenvalue weighted by atomic mass is 10.0. The highest BCUT2D eigenvalue weighted by Gasteiger charge is 2.12. The van der Waals surface area contributed by atoms with Gasteiger partial charge in [0.25, 0.3) is 0 Å². The van der Waals surface area contributed by atoms with E-state index in [4.69, 9.17) is 0 Å². The van der Waals surface area contributed by atoms with Crippen molar-refractivity contribution in [2.24, 2.45) is 0 Å². The van der Waals surface area contributed by atoms with Gasteiger partial charge in [-0.2, -0.15) is 0 Å². The van der Waals surface area contributed by atoms with Crippen molar-refractivity contribution in [2.45, 2.75) is 25.3 Å². The number of hydrogen-bond donors (Lipinski definition) is 2. The first-order valence-corrected chi connectivity index (χ1v) is 5.59. The van der Waals surface area contributed by atoms with Gasteiger partial charge in [-0.1, -0.05) is 12.2 Å². The Morgan fingerprint density at radius 2 is 2.41 bits per heavy atom. The number of amides is 2. The molecule has 0 aliphatic heterocycles. The molecule has 1 aliphatic rings. The third kappa shape index (κ3) is 3.27. The van der Waals surface area contributed by atoms with Crippen LogP contribution in [0, 0.1) is 5.82 Å². The molecule has 0 bridgehead atoms. The summed E-state index contributed by atoms with van der Waals surface area (Å²) in [6.45, 7) is 0. The highest BCUT2D eigenvalue weighted by Crippen LogP contribution is 2.12. The van der Waals surface area contributed by atoms with Crippen LogP contribution >= 0.6 is 0 Å². The highest BCUT2D eigenvalue weighted by atomic mass is 19.1. The van der Waals surface area contributed by atoms with Crippen LogP contribution in [0.3, 0.4) is 0 Å². The van der Waals surface area contributed by atoms with Crippen LogP contribution in [0.25, 0.3) is 0 Å². The summed E-state index contributed by atoms with van der Waals surface area (Å²) < 4.78 is 13.2. The first-order chi connectivity index (χ1) is 8.25. The van der Waals surface area contributed by atoms with Crippen LogP contribution in [-0.2, 0) is 0 Å². The summed E-state index contributed by atoms with van der Waals surface area (Å²) in [7, 11) is 0. The SMILES string of the molecule is O=C(Nc1ccncc1F)N[C@@H]1C=CCCC1. The largest absolute Gasteiger partial charge is 0.332 e. The topological polar surface area (TPSA) is 54.0 Å². The maximum absolute atomic E-state index is 13.2. The predicted octanol–water partition coefficient (Wildman–Crippen LogP) is 2.45. The van der Waals surface area contributed by atoms with Crippen molar-refractivity contribution in [1.82, 2.24) is 10.3 Å². The van der Waals surface area contributed by atoms with Crippen molar-refractivity contribution < 1.29 is 9.18 Å². The molecule has 0 radical (unpaired) electrons. The van der Waals surface area contributed by atoms with Gasteiger partial charge < -0.3 is 10.6 Å². The molecule has 0 aromatic carbocycles. The normalized spacial score (nSPS) is 18.8. The van der Waals surface area contributed by atoms with Gasteiger partial charge in [0.2, 0.25) is 0 Å². The van der Waals surface area contributed by atoms with Gasteiger partial charge in [-0.05, 0) is 25.3 Å². The minimum atomic E-state index is -0.540. The molecular formula is C12H14FN3O. The van der Waals surface area contributed by atoms with Crippen molar-refractivity contribution in [3.05, 3.63) is 36.4 Å². The number of allylic oxidation sites excluding steroid dienone is 1. The molecular weight excluding hydrogens is 221 g/mol. The van der Waals surface area contributed by atoms with Gasteiger partial charge in [0.1, 0.15) is 0 Å². The Kier molecular flexibility index (Phi) is 3.69. The third-order valence-electron chi connectivity index (χ3n) is 2.59. The van der Waals surface area contributed by atoms with E-state index in [1.807, 2.05) is 12.2 Å². The van der Waals surface area contributed by atoms with Gasteiger partial charge >= 0.3 is 6.03 Å². The number of carbonyl (C=O) groups excluding carboxylic acids is 1. The van der Waals surface area contributed by atoms with E-state index in [1.54, 1.807) is 0 Å². The van der Waals surface area contributed by atoms with Crippen LogP contribution in [0.5, 0.6) is 0 Å². The summed E-state index contributed by atoms with van der Waals surface area (Å²) in [4.78, 5) is 15.2. The summed E-state index contributed by atoms with van der Waals surface area (Å²) in [6.07, 6.45) is 9.54. The molecule has 17 heavy (non-hydrogen) atoms. The van der Waals surface area contributed by atoms with Crippen LogP contribution < -0.4 is 10.6 Å². The Morgan fingerprint density at radius 3 is 3.12 bits per heavy atom. The van der Waals surface area contributed by atoms with Gasteiger partial charge in [-0.3, -0.25) is 4.98 Å². The lowest BCUT2D eigenvalue weighted by Gasteiger charge is -2.18. The van der Waals surface area contributed by atoms with Gasteiger partial charge in [0.15, 0.2) is 5.82 Å². The van der Waals surface area contributed by atoms with Crippen molar-refractivity contribution in [2.75, 3.05) is 5.32 Å². The van der Waals surface area contributed by atoms with Crippen LogP contribution in [0.2, 0.25) is 0 Å². The zero-order chi connectivity index (χ0) is 12.1. The number of hydrogen-bond acceptors (Lipinski definition) is 2. The zero-order valence-electron chi connectivity index (χ0n) is 9.32. The lowest BCUT2D eigenvalue weighted by Crippen LogP contribution is -2.37. The third-order valence-corrected chi connectivity index (χ3v) is 2.59. The molecule has 2 N–H and O–H groups in total. The molecule has 90 valence electrons. The number of halogens is 1. The minimum absolute atomic E-state index is 0.0358. The van der Waals surface area contributed by atoms with Crippen LogP contribution in [0.15, 0.2) is 30.6 Å². The van der Waals surface area contributed by atoms with Gasteiger partial charge in [0, 0.05) is 12.2 Å². The molecule has 0 saturated heterocycles. The second-order valence-electron chi connectivity index (χ2n) is 3.92. The average molecular weight is 235 g/mol. The Labute approximate surface area is 98.9 Å². The summed E-state index contributed by atoms with van der Waals surface area (Å²) in [5.74, 6) is -0.540. The quantitative estimate of drug-likeness (QED) is 0.773. The zero-order valence-corrected chi connectivity index (χ0v) is 9.32. The molecule has 0 saturated carbocycles. The number of urea groups is 1. The smallest absolute Gasteiger partial charge is 0.319 e. The number of aromatic nitrogens is 1. The Balaban J connectivity index is 1.91. The number of pyridine rings is 1. The fraction of sp³-hybridized carbons (Fsp3) is 0.333. The van der Waals surface area contributed by atoms with E-state index in [2.05, 4.69) is 15.6 Å². The fourth-order valence-corrected chi connectivity index (χ4v) is 1.74. The number of rotatable bonds is 2. The van der Waals surface area contributed by atoms with E-state index in [-0.39, 0.29) is 11.7 Å². The summed E-state index contributed by atoms with van der Waals surface area (Å²) in [6, 6.07) is 1.06. The Bertz CT molecular complexity index is 434. The monoisotopic (exact) mass is 235 g/mol. The van der Waals surface area contributed by atoms with Crippen molar-refractivity contribution >= 4 is 11.7 Å². The summed E-state index contributed by atoms with van der Waals surface area (Å²) >= 11 is 0. The van der Waals surface area contributed by atoms with E-state index < -0.39 is 11.8 Å². The Morgan fingerprint density at radius 1 is 1.53 bits per heavy atom. The van der Waals surface area contributed by atoms with E-state index in [9.17, 15) is 9.18 Å². The molecule has 0 spiro atoms. The van der Waals surface area contributed by atoms with E-state index in [1.165, 1.54) is 12.3 Å². The average Bonchev–Trinajstić information content (AvgIpc) is 2.33. The number of nitrogens with zero attached hydrogens (tertiary/aromatic N) is 1. The van der Waals surface area contributed by atoms with Crippen LogP contribution in [0.4, 0.5) is 14.9 Å². The molecule has 1 aromatic rings. The molecule has 2 rings (SSSR count). The second kappa shape index (κ2) is 5.43. The molecule has 0 unspecified atom stereocenters. The maximum atomic E-state index is 13.2. The Hall–Kier alpha value is -1.91. The van der Waals surface area contributed by atoms with Crippen molar-refractivity contribution in [3.8, 4) is 0 Å². The number of anilines is 1. The highest BCUT2D eigenvalue weighted by molar-refractivity contribution is 5.89. The first kappa shape index (κ1) is 11.6. The predicted molar refractivity (Wildman–Crippen MR) is 63.1 cm³/mol. The second-order valence-corrected chi connectivity index (χ2v) is 3.92. The molecule has 1 aliphatic carbocycles. The van der Waals surface area contributed by atoms with Crippen LogP contribution in [0.1, 0.15) is 19.3 Å². The van der Waals surface area contributed by atoms with Gasteiger partial charge in [-0.25, -0.2) is 9.18 Å². The van der Waals surface area contributed by atoms with E-state index in [0.29, 0.717) is 0 Å². The molecule has 1 atom stereocenters. The molecule has 1 heterocycles. The number of carbonyl (C=O) groups is 1. The fourth-order valence-electron chi connectivity index (χ4n) is 1.74. The van der Waals surface area contributed by atoms with Crippen molar-refractivity contribution in [1.29, 1.82) is 0 Å².